The van der Waals surface area contributed by atoms with Gasteiger partial charge in [-0.1, -0.05) is 13.5 Å². The number of esters is 1. The zero-order chi connectivity index (χ0) is 25.3. The summed E-state index contributed by atoms with van der Waals surface area (Å²) in [5.74, 6) is -0.454. The Hall–Kier alpha value is -2.66. The van der Waals surface area contributed by atoms with Crippen molar-refractivity contribution in [1.29, 1.82) is 0 Å². The number of sulfonamides is 1. The van der Waals surface area contributed by atoms with Crippen LogP contribution in [0.15, 0.2) is 35.9 Å². The third kappa shape index (κ3) is 5.20. The molecule has 0 bridgehead atoms. The number of ether oxygens (including phenoxy) is 1. The van der Waals surface area contributed by atoms with E-state index in [2.05, 4.69) is 11.7 Å². The van der Waals surface area contributed by atoms with E-state index >= 15 is 0 Å². The van der Waals surface area contributed by atoms with Crippen molar-refractivity contribution >= 4 is 21.6 Å². The topological polar surface area (TPSA) is 81.5 Å². The third-order valence-electron chi connectivity index (χ3n) is 6.00. The van der Waals surface area contributed by atoms with Crippen LogP contribution in [0.4, 0.5) is 13.2 Å². The van der Waals surface area contributed by atoms with Gasteiger partial charge < -0.3 is 4.74 Å². The number of benzene rings is 1. The van der Waals surface area contributed by atoms with Crippen molar-refractivity contribution in [3.8, 4) is 0 Å². The Morgan fingerprint density at radius 3 is 2.62 bits per heavy atom. The molecule has 0 amide bonds. The monoisotopic (exact) mass is 499 g/mol. The normalized spacial score (nSPS) is 16.4. The molecule has 1 aromatic carbocycles. The Kier molecular flexibility index (Phi) is 7.56. The largest absolute Gasteiger partial charge is 0.465 e. The van der Waals surface area contributed by atoms with Crippen molar-refractivity contribution in [3.05, 3.63) is 53.4 Å². The fourth-order valence-electron chi connectivity index (χ4n) is 4.09. The predicted octanol–water partition coefficient (Wildman–Crippen LogP) is 4.59. The molecule has 11 heteroatoms. The molecule has 0 saturated heterocycles. The van der Waals surface area contributed by atoms with Crippen LogP contribution in [-0.4, -0.2) is 42.1 Å². The standard InChI is InChI=1S/C23H28F3N3O4S/c1-5-15(3)16-10-17(23(24,25)26)12-18(11-16)34(31,32)28(4)20-8-7-9-21-19(20)13-27-29(21)14-22(30)33-6-2/h10-13,20H,3,5-9,14H2,1-2,4H3. The fraction of sp³-hybridized carbons (Fsp3) is 0.478. The summed E-state index contributed by atoms with van der Waals surface area (Å²) in [6, 6.07) is 2.19. The number of carbonyl (C=O) groups is 1. The van der Waals surface area contributed by atoms with Gasteiger partial charge in [0, 0.05) is 18.3 Å². The molecule has 0 N–H and O–H groups in total. The predicted molar refractivity (Wildman–Crippen MR) is 120 cm³/mol. The molecule has 0 saturated carbocycles. The Balaban J connectivity index is 2.00. The molecular formula is C23H28F3N3O4S. The second-order valence-corrected chi connectivity index (χ2v) is 10.1. The SMILES string of the molecule is C=C(CC)c1cc(C(F)(F)F)cc(S(=O)(=O)N(C)C2CCCc3c2cnn3CC(=O)OCC)c1. The van der Waals surface area contributed by atoms with Crippen LogP contribution in [-0.2, 0) is 38.7 Å². The number of hydrogen-bond donors (Lipinski definition) is 0. The number of alkyl halides is 3. The highest BCUT2D eigenvalue weighted by molar-refractivity contribution is 7.89. The quantitative estimate of drug-likeness (QED) is 0.497. The number of fused-ring (bicyclic) bond motifs is 1. The molecule has 34 heavy (non-hydrogen) atoms. The van der Waals surface area contributed by atoms with Crippen LogP contribution < -0.4 is 0 Å². The molecule has 1 aromatic heterocycles. The van der Waals surface area contributed by atoms with Crippen molar-refractivity contribution in [2.45, 2.75) is 63.2 Å². The van der Waals surface area contributed by atoms with Gasteiger partial charge in [0.15, 0.2) is 0 Å². The number of carbonyl (C=O) groups excluding carboxylic acids is 1. The summed E-state index contributed by atoms with van der Waals surface area (Å²) in [5, 5.41) is 4.24. The molecule has 1 aliphatic carbocycles. The van der Waals surface area contributed by atoms with Crippen LogP contribution in [0.5, 0.6) is 0 Å². The average molecular weight is 500 g/mol. The number of aromatic nitrogens is 2. The molecule has 0 fully saturated rings. The van der Waals surface area contributed by atoms with E-state index in [0.29, 0.717) is 42.9 Å². The smallest absolute Gasteiger partial charge is 0.416 e. The second kappa shape index (κ2) is 9.91. The zero-order valence-electron chi connectivity index (χ0n) is 19.4. The summed E-state index contributed by atoms with van der Waals surface area (Å²) in [4.78, 5) is 11.4. The highest BCUT2D eigenvalue weighted by atomic mass is 32.2. The maximum absolute atomic E-state index is 13.5. The Morgan fingerprint density at radius 2 is 2.00 bits per heavy atom. The molecule has 1 aliphatic rings. The van der Waals surface area contributed by atoms with E-state index in [1.54, 1.807) is 13.8 Å². The first-order valence-corrected chi connectivity index (χ1v) is 12.4. The molecule has 0 aliphatic heterocycles. The van der Waals surface area contributed by atoms with Gasteiger partial charge in [-0.05, 0) is 61.9 Å². The number of halogens is 3. The van der Waals surface area contributed by atoms with Crippen LogP contribution >= 0.6 is 0 Å². The first-order valence-electron chi connectivity index (χ1n) is 11.0. The first kappa shape index (κ1) is 26.0. The molecule has 1 heterocycles. The lowest BCUT2D eigenvalue weighted by atomic mass is 9.93. The number of hydrogen-bond acceptors (Lipinski definition) is 5. The van der Waals surface area contributed by atoms with E-state index < -0.39 is 38.7 Å². The van der Waals surface area contributed by atoms with Gasteiger partial charge in [0.2, 0.25) is 10.0 Å². The van der Waals surface area contributed by atoms with Gasteiger partial charge in [0.1, 0.15) is 6.54 Å². The minimum absolute atomic E-state index is 0.0948. The van der Waals surface area contributed by atoms with E-state index in [1.165, 1.54) is 24.0 Å². The molecular weight excluding hydrogens is 471 g/mol. The van der Waals surface area contributed by atoms with Crippen molar-refractivity contribution in [2.75, 3.05) is 13.7 Å². The lowest BCUT2D eigenvalue weighted by Crippen LogP contribution is -2.33. The van der Waals surface area contributed by atoms with Crippen molar-refractivity contribution in [2.24, 2.45) is 0 Å². The van der Waals surface area contributed by atoms with Gasteiger partial charge in [0.05, 0.1) is 29.3 Å². The fourth-order valence-corrected chi connectivity index (χ4v) is 5.53. The van der Waals surface area contributed by atoms with E-state index in [1.807, 2.05) is 0 Å². The summed E-state index contributed by atoms with van der Waals surface area (Å²) in [5.41, 5.74) is 0.849. The minimum Gasteiger partial charge on any atom is -0.465 e. The maximum atomic E-state index is 13.5. The summed E-state index contributed by atoms with van der Waals surface area (Å²) < 4.78 is 75.1. The van der Waals surface area contributed by atoms with Crippen molar-refractivity contribution < 1.29 is 31.1 Å². The molecule has 7 nitrogen and oxygen atoms in total. The van der Waals surface area contributed by atoms with E-state index in [-0.39, 0.29) is 18.7 Å². The van der Waals surface area contributed by atoms with Crippen LogP contribution in [0.25, 0.3) is 5.57 Å². The van der Waals surface area contributed by atoms with Crippen LogP contribution in [0, 0.1) is 0 Å². The summed E-state index contributed by atoms with van der Waals surface area (Å²) in [6.45, 7) is 7.34. The first-order chi connectivity index (χ1) is 15.9. The molecule has 1 atom stereocenters. The van der Waals surface area contributed by atoms with E-state index in [9.17, 15) is 26.4 Å². The van der Waals surface area contributed by atoms with Gasteiger partial charge in [-0.15, -0.1) is 0 Å². The van der Waals surface area contributed by atoms with Crippen LogP contribution in [0.3, 0.4) is 0 Å². The summed E-state index contributed by atoms with van der Waals surface area (Å²) in [7, 11) is -2.93. The average Bonchev–Trinajstić information content (AvgIpc) is 3.20. The molecule has 0 radical (unpaired) electrons. The molecule has 2 aromatic rings. The molecule has 186 valence electrons. The Labute approximate surface area is 197 Å². The van der Waals surface area contributed by atoms with Gasteiger partial charge in [-0.25, -0.2) is 8.42 Å². The Bertz CT molecular complexity index is 1190. The molecule has 3 rings (SSSR count). The number of allylic oxidation sites excluding steroid dienone is 1. The highest BCUT2D eigenvalue weighted by Crippen LogP contribution is 2.38. The Morgan fingerprint density at radius 1 is 1.29 bits per heavy atom. The van der Waals surface area contributed by atoms with E-state index in [4.69, 9.17) is 4.74 Å². The van der Waals surface area contributed by atoms with Crippen LogP contribution in [0.2, 0.25) is 0 Å². The van der Waals surface area contributed by atoms with Crippen LogP contribution in [0.1, 0.15) is 61.5 Å². The third-order valence-corrected chi connectivity index (χ3v) is 7.84. The molecule has 1 unspecified atom stereocenters. The van der Waals surface area contributed by atoms with Gasteiger partial charge >= 0.3 is 12.1 Å². The van der Waals surface area contributed by atoms with Crippen molar-refractivity contribution in [1.82, 2.24) is 14.1 Å². The minimum atomic E-state index is -4.71. The second-order valence-electron chi connectivity index (χ2n) is 8.14. The maximum Gasteiger partial charge on any atom is 0.416 e. The molecule has 0 spiro atoms. The van der Waals surface area contributed by atoms with Gasteiger partial charge in [-0.2, -0.15) is 22.6 Å². The van der Waals surface area contributed by atoms with Crippen molar-refractivity contribution in [3.63, 3.8) is 0 Å². The summed E-state index contributed by atoms with van der Waals surface area (Å²) >= 11 is 0. The lowest BCUT2D eigenvalue weighted by molar-refractivity contribution is -0.144. The lowest BCUT2D eigenvalue weighted by Gasteiger charge is -2.31. The van der Waals surface area contributed by atoms with E-state index in [0.717, 1.165) is 16.1 Å². The highest BCUT2D eigenvalue weighted by Gasteiger charge is 2.37. The zero-order valence-corrected chi connectivity index (χ0v) is 20.2. The van der Waals surface area contributed by atoms with Gasteiger partial charge in [0.25, 0.3) is 0 Å². The number of nitrogens with zero attached hydrogens (tertiary/aromatic N) is 3. The number of rotatable bonds is 8. The summed E-state index contributed by atoms with van der Waals surface area (Å²) in [6.07, 6.45) is -1.11. The van der Waals surface area contributed by atoms with Gasteiger partial charge in [-0.3, -0.25) is 9.48 Å².